The molecule has 0 aromatic rings. The highest BCUT2D eigenvalue weighted by atomic mass is 127. The predicted octanol–water partition coefficient (Wildman–Crippen LogP) is 4.32. The van der Waals surface area contributed by atoms with E-state index in [-0.39, 0.29) is 11.7 Å². The number of carbonyl (C=O) groups excluding carboxylic acids is 1. The lowest BCUT2D eigenvalue weighted by Crippen LogP contribution is -2.39. The Kier molecular flexibility index (Phi) is 6.03. The summed E-state index contributed by atoms with van der Waals surface area (Å²) in [6.07, 6.45) is 5.16. The third kappa shape index (κ3) is 5.95. The lowest BCUT2D eigenvalue weighted by molar-refractivity contribution is 0.0491. The van der Waals surface area contributed by atoms with Crippen LogP contribution in [0, 0.1) is 11.3 Å². The molecule has 3 nitrogen and oxygen atoms in total. The van der Waals surface area contributed by atoms with E-state index in [1.54, 1.807) is 0 Å². The highest BCUT2D eigenvalue weighted by molar-refractivity contribution is 14.1. The molecule has 0 aromatic heterocycles. The van der Waals surface area contributed by atoms with E-state index in [0.717, 1.165) is 12.0 Å². The fourth-order valence-electron chi connectivity index (χ4n) is 2.44. The first-order chi connectivity index (χ1) is 8.30. The van der Waals surface area contributed by atoms with Crippen molar-refractivity contribution in [2.45, 2.75) is 52.1 Å². The topological polar surface area (TPSA) is 38.3 Å². The number of hydrogen-bond donors (Lipinski definition) is 1. The van der Waals surface area contributed by atoms with Crippen LogP contribution >= 0.6 is 34.2 Å². The molecule has 2 saturated carbocycles. The minimum Gasteiger partial charge on any atom is -0.444 e. The molecule has 2 fully saturated rings. The second-order valence-electron chi connectivity index (χ2n) is 6.26. The monoisotopic (exact) mass is 387 g/mol. The van der Waals surface area contributed by atoms with Gasteiger partial charge in [0.25, 0.3) is 0 Å². The summed E-state index contributed by atoms with van der Waals surface area (Å²) < 4.78 is 5.87. The highest BCUT2D eigenvalue weighted by Crippen LogP contribution is 2.63. The number of alkyl carbamates (subject to hydrolysis) is 1. The summed E-state index contributed by atoms with van der Waals surface area (Å²) in [5, 5.41) is 2.85. The largest absolute Gasteiger partial charge is 0.444 e. The van der Waals surface area contributed by atoms with Crippen molar-refractivity contribution in [3.8, 4) is 0 Å². The molecule has 2 aliphatic rings. The number of nitrogens with one attached hydrogen (secondary N) is 1. The van der Waals surface area contributed by atoms with Crippen molar-refractivity contribution in [1.82, 2.24) is 5.32 Å². The minimum absolute atomic E-state index is 0.278. The molecular weight excluding hydrogens is 365 g/mol. The van der Waals surface area contributed by atoms with Crippen LogP contribution in [-0.4, -0.2) is 22.1 Å². The van der Waals surface area contributed by atoms with Crippen LogP contribution in [-0.2, 0) is 4.74 Å². The van der Waals surface area contributed by atoms with Crippen LogP contribution in [0.5, 0.6) is 0 Å². The zero-order valence-electron chi connectivity index (χ0n) is 11.4. The van der Waals surface area contributed by atoms with E-state index in [1.807, 2.05) is 20.8 Å². The molecule has 2 rings (SSSR count). The zero-order valence-corrected chi connectivity index (χ0v) is 14.3. The molecule has 1 N–H and O–H groups in total. The van der Waals surface area contributed by atoms with Gasteiger partial charge in [0.1, 0.15) is 5.60 Å². The summed E-state index contributed by atoms with van der Waals surface area (Å²) in [5.41, 5.74) is 0.335. The number of alkyl halides is 2. The van der Waals surface area contributed by atoms with Crippen molar-refractivity contribution in [1.29, 1.82) is 0 Å². The summed E-state index contributed by atoms with van der Waals surface area (Å²) >= 11 is 7.04. The first-order valence-corrected chi connectivity index (χ1v) is 8.45. The first kappa shape index (κ1) is 16.3. The number of halogens is 2. The maximum atomic E-state index is 11.3. The summed E-state index contributed by atoms with van der Waals surface area (Å²) in [7, 11) is 0. The maximum absolute atomic E-state index is 11.3. The highest BCUT2D eigenvalue weighted by Gasteiger charge is 2.52. The third-order valence-corrected chi connectivity index (χ3v) is 3.33. The van der Waals surface area contributed by atoms with Crippen LogP contribution in [0.4, 0.5) is 4.79 Å². The second-order valence-corrected chi connectivity index (χ2v) is 8.19. The van der Waals surface area contributed by atoms with Crippen molar-refractivity contribution in [3.05, 3.63) is 0 Å². The molecule has 0 atom stereocenters. The second kappa shape index (κ2) is 6.64. The Balaban J connectivity index is 0.000000492. The van der Waals surface area contributed by atoms with E-state index in [1.165, 1.54) is 25.7 Å². The number of rotatable bonds is 2. The minimum atomic E-state index is -0.387. The SMILES string of the molecule is CC(C)(C)OC(=O)NCC1CC2(CC2)C1.ClCI. The molecule has 0 aromatic carbocycles. The Bertz CT molecular complexity index is 279. The normalized spacial score (nSPS) is 20.5. The molecule has 0 heterocycles. The van der Waals surface area contributed by atoms with Gasteiger partial charge in [-0.25, -0.2) is 4.79 Å². The molecule has 5 heteroatoms. The molecule has 0 unspecified atom stereocenters. The van der Waals surface area contributed by atoms with Crippen LogP contribution in [0.1, 0.15) is 46.5 Å². The molecule has 18 heavy (non-hydrogen) atoms. The van der Waals surface area contributed by atoms with Gasteiger partial charge in [0.15, 0.2) is 0 Å². The molecular formula is C13H23ClINO2. The molecule has 0 bridgehead atoms. The van der Waals surface area contributed by atoms with E-state index in [4.69, 9.17) is 16.3 Å². The van der Waals surface area contributed by atoms with Gasteiger partial charge in [-0.2, -0.15) is 0 Å². The standard InChI is InChI=1S/C12H21NO2.CH2ClI/c1-11(2,3)15-10(14)13-8-9-6-12(7-9)4-5-12;2-1-3/h9H,4-8H2,1-3H3,(H,13,14);1H2. The number of carbonyl (C=O) groups is 1. The van der Waals surface area contributed by atoms with Crippen molar-refractivity contribution < 1.29 is 9.53 Å². The van der Waals surface area contributed by atoms with E-state index >= 15 is 0 Å². The summed E-state index contributed by atoms with van der Waals surface area (Å²) in [6.45, 7) is 6.44. The summed E-state index contributed by atoms with van der Waals surface area (Å²) in [6, 6.07) is 0. The first-order valence-electron chi connectivity index (χ1n) is 6.39. The Morgan fingerprint density at radius 1 is 1.44 bits per heavy atom. The van der Waals surface area contributed by atoms with E-state index in [9.17, 15) is 4.79 Å². The van der Waals surface area contributed by atoms with Gasteiger partial charge in [0.05, 0.1) is 3.89 Å². The Labute approximate surface area is 129 Å². The molecule has 0 aliphatic heterocycles. The van der Waals surface area contributed by atoms with Crippen molar-refractivity contribution in [2.24, 2.45) is 11.3 Å². The number of amides is 1. The van der Waals surface area contributed by atoms with Gasteiger partial charge in [0, 0.05) is 6.54 Å². The van der Waals surface area contributed by atoms with E-state index in [0.29, 0.717) is 9.80 Å². The predicted molar refractivity (Wildman–Crippen MR) is 83.4 cm³/mol. The van der Waals surface area contributed by atoms with Crippen molar-refractivity contribution in [2.75, 3.05) is 10.4 Å². The molecule has 1 amide bonds. The quantitative estimate of drug-likeness (QED) is 0.566. The average Bonchev–Trinajstić information content (AvgIpc) is 2.91. The number of hydrogen-bond acceptors (Lipinski definition) is 2. The van der Waals surface area contributed by atoms with Gasteiger partial charge in [-0.05, 0) is 57.8 Å². The van der Waals surface area contributed by atoms with E-state index < -0.39 is 0 Å². The molecule has 0 saturated heterocycles. The summed E-state index contributed by atoms with van der Waals surface area (Å²) in [4.78, 5) is 11.3. The van der Waals surface area contributed by atoms with Gasteiger partial charge < -0.3 is 10.1 Å². The van der Waals surface area contributed by atoms with Gasteiger partial charge in [-0.15, -0.1) is 11.6 Å². The zero-order chi connectivity index (χ0) is 13.8. The lowest BCUT2D eigenvalue weighted by Gasteiger charge is -2.36. The van der Waals surface area contributed by atoms with Crippen LogP contribution in [0.3, 0.4) is 0 Å². The smallest absolute Gasteiger partial charge is 0.407 e. The number of ether oxygens (including phenoxy) is 1. The molecule has 2 aliphatic carbocycles. The average molecular weight is 388 g/mol. The van der Waals surface area contributed by atoms with Crippen LogP contribution < -0.4 is 5.32 Å². The van der Waals surface area contributed by atoms with Crippen LogP contribution in [0.25, 0.3) is 0 Å². The lowest BCUT2D eigenvalue weighted by atomic mass is 9.72. The van der Waals surface area contributed by atoms with Crippen molar-refractivity contribution >= 4 is 40.3 Å². The van der Waals surface area contributed by atoms with Gasteiger partial charge in [0.2, 0.25) is 0 Å². The third-order valence-electron chi connectivity index (χ3n) is 3.33. The Hall–Kier alpha value is 0.290. The fraction of sp³-hybridized carbons (Fsp3) is 0.923. The molecule has 1 spiro atoms. The van der Waals surface area contributed by atoms with Gasteiger partial charge in [-0.1, -0.05) is 22.6 Å². The maximum Gasteiger partial charge on any atom is 0.407 e. The van der Waals surface area contributed by atoms with Gasteiger partial charge in [-0.3, -0.25) is 0 Å². The fourth-order valence-corrected chi connectivity index (χ4v) is 2.44. The summed E-state index contributed by atoms with van der Waals surface area (Å²) in [5.74, 6) is 0.694. The Morgan fingerprint density at radius 3 is 2.33 bits per heavy atom. The van der Waals surface area contributed by atoms with Gasteiger partial charge >= 0.3 is 6.09 Å². The molecule has 0 radical (unpaired) electrons. The van der Waals surface area contributed by atoms with Crippen LogP contribution in [0.2, 0.25) is 0 Å². The van der Waals surface area contributed by atoms with Crippen molar-refractivity contribution in [3.63, 3.8) is 0 Å². The Morgan fingerprint density at radius 2 is 1.94 bits per heavy atom. The molecule has 106 valence electrons. The van der Waals surface area contributed by atoms with E-state index in [2.05, 4.69) is 27.9 Å². The van der Waals surface area contributed by atoms with Crippen LogP contribution in [0.15, 0.2) is 0 Å².